The highest BCUT2D eigenvalue weighted by molar-refractivity contribution is 8.13. The summed E-state index contributed by atoms with van der Waals surface area (Å²) < 4.78 is 16.2. The number of hydrogen-bond donors (Lipinski definition) is 1. The molecule has 31 heavy (non-hydrogen) atoms. The minimum atomic E-state index is -0.541. The highest BCUT2D eigenvalue weighted by atomic mass is 32.2. The Kier molecular flexibility index (Phi) is 7.63. The standard InChI is InChI=1S/C24H28N2O4S/c1-6-30-23(27)21-16(3)25-24(31-14-17-9-7-8-15(2)12-17)26-22(21)19-11-10-18(28-4)13-20(19)29-5/h7-13,22H,6,14H2,1-5H3,(H,25,26)/t22-/m0/s1. The lowest BCUT2D eigenvalue weighted by atomic mass is 9.95. The Bertz CT molecular complexity index is 1020. The zero-order chi connectivity index (χ0) is 22.4. The molecule has 1 aliphatic rings. The largest absolute Gasteiger partial charge is 0.497 e. The maximum atomic E-state index is 12.8. The lowest BCUT2D eigenvalue weighted by Crippen LogP contribution is -2.30. The summed E-state index contributed by atoms with van der Waals surface area (Å²) in [6, 6.07) is 13.4. The van der Waals surface area contributed by atoms with Crippen molar-refractivity contribution in [3.63, 3.8) is 0 Å². The summed E-state index contributed by atoms with van der Waals surface area (Å²) in [7, 11) is 3.20. The number of methoxy groups -OCH3 is 2. The number of aryl methyl sites for hydroxylation is 1. The lowest BCUT2D eigenvalue weighted by Gasteiger charge is -2.27. The van der Waals surface area contributed by atoms with E-state index in [9.17, 15) is 4.79 Å². The van der Waals surface area contributed by atoms with Crippen molar-refractivity contribution in [2.24, 2.45) is 4.99 Å². The Morgan fingerprint density at radius 2 is 1.94 bits per heavy atom. The van der Waals surface area contributed by atoms with E-state index in [0.29, 0.717) is 23.7 Å². The number of thioether (sulfide) groups is 1. The first-order valence-electron chi connectivity index (χ1n) is 10.1. The molecule has 3 rings (SSSR count). The average molecular weight is 441 g/mol. The molecule has 0 radical (unpaired) electrons. The molecule has 0 bridgehead atoms. The third-order valence-corrected chi connectivity index (χ3v) is 5.87. The van der Waals surface area contributed by atoms with Crippen LogP contribution in [0.25, 0.3) is 0 Å². The second kappa shape index (κ2) is 10.4. The molecule has 1 heterocycles. The number of nitrogens with zero attached hydrogens (tertiary/aromatic N) is 1. The summed E-state index contributed by atoms with van der Waals surface area (Å²) in [6.07, 6.45) is 0. The van der Waals surface area contributed by atoms with Gasteiger partial charge in [-0.2, -0.15) is 0 Å². The first-order chi connectivity index (χ1) is 15.0. The fourth-order valence-electron chi connectivity index (χ4n) is 3.42. The monoisotopic (exact) mass is 440 g/mol. The van der Waals surface area contributed by atoms with Crippen molar-refractivity contribution in [2.75, 3.05) is 20.8 Å². The van der Waals surface area contributed by atoms with Crippen molar-refractivity contribution >= 4 is 22.9 Å². The van der Waals surface area contributed by atoms with E-state index < -0.39 is 6.04 Å². The molecule has 1 N–H and O–H groups in total. The van der Waals surface area contributed by atoms with Crippen molar-refractivity contribution in [3.8, 4) is 11.5 Å². The first kappa shape index (κ1) is 22.7. The number of esters is 1. The molecule has 0 spiro atoms. The van der Waals surface area contributed by atoms with Crippen molar-refractivity contribution < 1.29 is 19.0 Å². The molecule has 1 atom stereocenters. The molecule has 1 aliphatic heterocycles. The van der Waals surface area contributed by atoms with Crippen LogP contribution in [0.2, 0.25) is 0 Å². The van der Waals surface area contributed by atoms with Crippen LogP contribution >= 0.6 is 11.8 Å². The Morgan fingerprint density at radius 1 is 1.13 bits per heavy atom. The summed E-state index contributed by atoms with van der Waals surface area (Å²) >= 11 is 1.60. The zero-order valence-electron chi connectivity index (χ0n) is 18.5. The third kappa shape index (κ3) is 5.41. The fraction of sp³-hybridized carbons (Fsp3) is 0.333. The molecule has 164 valence electrons. The number of rotatable bonds is 7. The minimum absolute atomic E-state index is 0.292. The van der Waals surface area contributed by atoms with Crippen LogP contribution < -0.4 is 14.8 Å². The summed E-state index contributed by atoms with van der Waals surface area (Å²) in [5.74, 6) is 1.66. The highest BCUT2D eigenvalue weighted by Crippen LogP contribution is 2.39. The van der Waals surface area contributed by atoms with Gasteiger partial charge in [-0.1, -0.05) is 41.6 Å². The fourth-order valence-corrected chi connectivity index (χ4v) is 4.30. The molecule has 0 fully saturated rings. The van der Waals surface area contributed by atoms with Gasteiger partial charge >= 0.3 is 5.97 Å². The molecule has 2 aromatic carbocycles. The van der Waals surface area contributed by atoms with Gasteiger partial charge in [-0.3, -0.25) is 0 Å². The predicted molar refractivity (Wildman–Crippen MR) is 125 cm³/mol. The van der Waals surface area contributed by atoms with Crippen LogP contribution in [-0.2, 0) is 15.3 Å². The maximum Gasteiger partial charge on any atom is 0.338 e. The third-order valence-electron chi connectivity index (χ3n) is 4.91. The van der Waals surface area contributed by atoms with Crippen molar-refractivity contribution in [1.82, 2.24) is 5.32 Å². The van der Waals surface area contributed by atoms with Crippen LogP contribution in [0.3, 0.4) is 0 Å². The Balaban J connectivity index is 1.96. The number of aliphatic imine (C=N–C) groups is 1. The van der Waals surface area contributed by atoms with Crippen molar-refractivity contribution in [1.29, 1.82) is 0 Å². The molecule has 6 nitrogen and oxygen atoms in total. The Labute approximate surface area is 187 Å². The van der Waals surface area contributed by atoms with Gasteiger partial charge in [0.05, 0.1) is 26.4 Å². The first-order valence-corrected chi connectivity index (χ1v) is 11.1. The van der Waals surface area contributed by atoms with Gasteiger partial charge < -0.3 is 19.5 Å². The number of allylic oxidation sites excluding steroid dienone is 1. The summed E-state index contributed by atoms with van der Waals surface area (Å²) in [4.78, 5) is 17.7. The van der Waals surface area contributed by atoms with Gasteiger partial charge in [-0.25, -0.2) is 9.79 Å². The van der Waals surface area contributed by atoms with Crippen LogP contribution in [0.4, 0.5) is 0 Å². The molecule has 0 aromatic heterocycles. The molecule has 2 aromatic rings. The van der Waals surface area contributed by atoms with E-state index in [1.807, 2.05) is 19.1 Å². The number of carbonyl (C=O) groups excluding carboxylic acids is 1. The van der Waals surface area contributed by atoms with Gasteiger partial charge in [0.2, 0.25) is 0 Å². The Hall–Kier alpha value is -2.93. The van der Waals surface area contributed by atoms with Gasteiger partial charge in [0.15, 0.2) is 5.17 Å². The molecule has 0 saturated carbocycles. The van der Waals surface area contributed by atoms with E-state index in [1.54, 1.807) is 39.0 Å². The summed E-state index contributed by atoms with van der Waals surface area (Å²) in [5.41, 5.74) is 4.42. The second-order valence-electron chi connectivity index (χ2n) is 7.11. The van der Waals surface area contributed by atoms with E-state index in [1.165, 1.54) is 11.1 Å². The van der Waals surface area contributed by atoms with Crippen LogP contribution in [-0.4, -0.2) is 32.0 Å². The molecular weight excluding hydrogens is 412 g/mol. The molecule has 7 heteroatoms. The molecule has 0 aliphatic carbocycles. The SMILES string of the molecule is CCOC(=O)C1=C(C)NC(SCc2cccc(C)c2)=N[C@H]1c1ccc(OC)cc1OC. The van der Waals surface area contributed by atoms with Crippen LogP contribution in [0.15, 0.2) is 58.7 Å². The minimum Gasteiger partial charge on any atom is -0.497 e. The number of benzene rings is 2. The van der Waals surface area contributed by atoms with Gasteiger partial charge in [-0.15, -0.1) is 0 Å². The maximum absolute atomic E-state index is 12.8. The van der Waals surface area contributed by atoms with Gasteiger partial charge in [0.1, 0.15) is 17.5 Å². The average Bonchev–Trinajstić information content (AvgIpc) is 2.77. The number of amidine groups is 1. The van der Waals surface area contributed by atoms with Crippen LogP contribution in [0.1, 0.15) is 36.6 Å². The topological polar surface area (TPSA) is 69.2 Å². The molecule has 0 unspecified atom stereocenters. The van der Waals surface area contributed by atoms with E-state index in [0.717, 1.165) is 22.2 Å². The highest BCUT2D eigenvalue weighted by Gasteiger charge is 2.32. The van der Waals surface area contributed by atoms with Crippen LogP contribution in [0.5, 0.6) is 11.5 Å². The van der Waals surface area contributed by atoms with Gasteiger partial charge in [-0.05, 0) is 38.5 Å². The van der Waals surface area contributed by atoms with E-state index in [-0.39, 0.29) is 5.97 Å². The van der Waals surface area contributed by atoms with Crippen molar-refractivity contribution in [3.05, 3.63) is 70.4 Å². The van der Waals surface area contributed by atoms with Crippen molar-refractivity contribution in [2.45, 2.75) is 32.6 Å². The van der Waals surface area contributed by atoms with Gasteiger partial charge in [0.25, 0.3) is 0 Å². The molecule has 0 saturated heterocycles. The van der Waals surface area contributed by atoms with E-state index in [2.05, 4.69) is 36.5 Å². The number of carbonyl (C=O) groups is 1. The normalized spacial score (nSPS) is 15.8. The number of nitrogens with one attached hydrogen (secondary N) is 1. The Morgan fingerprint density at radius 3 is 2.61 bits per heavy atom. The van der Waals surface area contributed by atoms with E-state index >= 15 is 0 Å². The smallest absolute Gasteiger partial charge is 0.338 e. The summed E-state index contributed by atoms with van der Waals surface area (Å²) in [5, 5.41) is 4.02. The predicted octanol–water partition coefficient (Wildman–Crippen LogP) is 4.78. The van der Waals surface area contributed by atoms with Crippen LogP contribution in [0, 0.1) is 6.92 Å². The van der Waals surface area contributed by atoms with Gasteiger partial charge in [0, 0.05) is 23.1 Å². The second-order valence-corrected chi connectivity index (χ2v) is 8.07. The zero-order valence-corrected chi connectivity index (χ0v) is 19.3. The molecular formula is C24H28N2O4S. The van der Waals surface area contributed by atoms with E-state index in [4.69, 9.17) is 19.2 Å². The molecule has 0 amide bonds. The lowest BCUT2D eigenvalue weighted by molar-refractivity contribution is -0.138. The number of hydrogen-bond acceptors (Lipinski definition) is 7. The summed E-state index contributed by atoms with van der Waals surface area (Å²) in [6.45, 7) is 6.03. The number of ether oxygens (including phenoxy) is 3. The quantitative estimate of drug-likeness (QED) is 0.625.